The van der Waals surface area contributed by atoms with Gasteiger partial charge in [0.15, 0.2) is 5.17 Å². The van der Waals surface area contributed by atoms with Gasteiger partial charge in [0.05, 0.1) is 5.71 Å². The fraction of sp³-hybridized carbons (Fsp3) is 0.133. The van der Waals surface area contributed by atoms with Gasteiger partial charge in [0, 0.05) is 4.90 Å². The number of amidine groups is 1. The van der Waals surface area contributed by atoms with Crippen LogP contribution < -0.4 is 0 Å². The van der Waals surface area contributed by atoms with Gasteiger partial charge in [0.25, 0.3) is 5.91 Å². The van der Waals surface area contributed by atoms with Crippen molar-refractivity contribution in [2.24, 2.45) is 15.9 Å². The number of carbonyl (C=O) groups is 1. The quantitative estimate of drug-likeness (QED) is 0.785. The third kappa shape index (κ3) is 2.44. The molecule has 0 saturated heterocycles. The van der Waals surface area contributed by atoms with Crippen molar-refractivity contribution >= 4 is 28.5 Å². The molecule has 1 heterocycles. The molecular weight excluding hydrogens is 256 g/mol. The monoisotopic (exact) mass is 268 g/mol. The number of thioether (sulfide) groups is 1. The van der Waals surface area contributed by atoms with E-state index in [-0.39, 0.29) is 11.8 Å². The zero-order valence-electron chi connectivity index (χ0n) is 10.4. The molecule has 0 radical (unpaired) electrons. The summed E-state index contributed by atoms with van der Waals surface area (Å²) < 4.78 is 0. The Balaban J connectivity index is 1.89. The summed E-state index contributed by atoms with van der Waals surface area (Å²) in [6.45, 7) is 2.03. The molecule has 3 nitrogen and oxygen atoms in total. The van der Waals surface area contributed by atoms with Crippen LogP contribution in [-0.2, 0) is 4.79 Å². The van der Waals surface area contributed by atoms with E-state index in [2.05, 4.69) is 9.98 Å². The smallest absolute Gasteiger partial charge is 0.261 e. The Morgan fingerprint density at radius 2 is 2.00 bits per heavy atom. The first kappa shape index (κ1) is 12.1. The van der Waals surface area contributed by atoms with E-state index in [1.165, 1.54) is 11.8 Å². The van der Waals surface area contributed by atoms with Gasteiger partial charge >= 0.3 is 0 Å². The molecule has 0 fully saturated rings. The molecule has 2 aliphatic rings. The second kappa shape index (κ2) is 4.97. The summed E-state index contributed by atoms with van der Waals surface area (Å²) in [5.41, 5.74) is 1.93. The largest absolute Gasteiger partial charge is 0.271 e. The Bertz CT molecular complexity index is 656. The fourth-order valence-corrected chi connectivity index (χ4v) is 2.82. The van der Waals surface area contributed by atoms with Gasteiger partial charge in [-0.3, -0.25) is 4.79 Å². The highest BCUT2D eigenvalue weighted by molar-refractivity contribution is 8.14. The summed E-state index contributed by atoms with van der Waals surface area (Å²) in [5, 5.41) is 0.519. The maximum atomic E-state index is 11.9. The molecule has 1 aliphatic carbocycles. The minimum atomic E-state index is -0.300. The molecule has 1 unspecified atom stereocenters. The highest BCUT2D eigenvalue weighted by atomic mass is 32.2. The van der Waals surface area contributed by atoms with Crippen LogP contribution in [0.3, 0.4) is 0 Å². The lowest BCUT2D eigenvalue weighted by atomic mass is 9.97. The number of fused-ring (bicyclic) bond motifs is 1. The zero-order valence-corrected chi connectivity index (χ0v) is 11.2. The maximum absolute atomic E-state index is 11.9. The predicted molar refractivity (Wildman–Crippen MR) is 78.7 cm³/mol. The third-order valence-electron chi connectivity index (χ3n) is 2.99. The minimum Gasteiger partial charge on any atom is -0.271 e. The van der Waals surface area contributed by atoms with E-state index in [0.717, 1.165) is 16.2 Å². The van der Waals surface area contributed by atoms with Crippen molar-refractivity contribution < 1.29 is 4.79 Å². The number of amides is 1. The molecule has 0 bridgehead atoms. The topological polar surface area (TPSA) is 41.8 Å². The van der Waals surface area contributed by atoms with Crippen molar-refractivity contribution in [2.75, 3.05) is 0 Å². The lowest BCUT2D eigenvalue weighted by Crippen LogP contribution is -2.26. The van der Waals surface area contributed by atoms with Gasteiger partial charge in [-0.2, -0.15) is 4.99 Å². The molecular formula is C15H12N2OS. The Morgan fingerprint density at radius 3 is 2.84 bits per heavy atom. The first-order chi connectivity index (χ1) is 9.24. The van der Waals surface area contributed by atoms with Crippen molar-refractivity contribution in [3.63, 3.8) is 0 Å². The van der Waals surface area contributed by atoms with Gasteiger partial charge in [0.1, 0.15) is 5.92 Å². The summed E-state index contributed by atoms with van der Waals surface area (Å²) in [6, 6.07) is 8.01. The van der Waals surface area contributed by atoms with Crippen molar-refractivity contribution in [2.45, 2.75) is 11.8 Å². The van der Waals surface area contributed by atoms with Crippen molar-refractivity contribution in [3.8, 4) is 0 Å². The lowest BCUT2D eigenvalue weighted by molar-refractivity contribution is -0.118. The molecule has 1 amide bonds. The Hall–Kier alpha value is -1.94. The van der Waals surface area contributed by atoms with E-state index < -0.39 is 0 Å². The van der Waals surface area contributed by atoms with Gasteiger partial charge in [0.2, 0.25) is 0 Å². The number of aryl methyl sites for hydroxylation is 1. The Kier molecular flexibility index (Phi) is 3.17. The van der Waals surface area contributed by atoms with Gasteiger partial charge in [-0.25, -0.2) is 4.99 Å². The van der Waals surface area contributed by atoms with Crippen LogP contribution >= 0.6 is 11.8 Å². The van der Waals surface area contributed by atoms with E-state index in [9.17, 15) is 4.79 Å². The SMILES string of the molecule is Cc1ccccc1SC1=NC(=O)C2C=CC=CC2=N1. The number of carbonyl (C=O) groups excluding carboxylic acids is 1. The number of nitrogens with zero attached hydrogens (tertiary/aromatic N) is 2. The molecule has 19 heavy (non-hydrogen) atoms. The van der Waals surface area contributed by atoms with E-state index >= 15 is 0 Å². The Labute approximate surface area is 115 Å². The number of hydrogen-bond donors (Lipinski definition) is 0. The first-order valence-corrected chi connectivity index (χ1v) is 6.85. The average Bonchev–Trinajstić information content (AvgIpc) is 2.42. The zero-order chi connectivity index (χ0) is 13.2. The highest BCUT2D eigenvalue weighted by Gasteiger charge is 2.26. The lowest BCUT2D eigenvalue weighted by Gasteiger charge is -2.17. The van der Waals surface area contributed by atoms with Crippen LogP contribution in [0.15, 0.2) is 63.4 Å². The van der Waals surface area contributed by atoms with E-state index in [1.54, 1.807) is 0 Å². The van der Waals surface area contributed by atoms with Crippen LogP contribution in [0.2, 0.25) is 0 Å². The number of hydrogen-bond acceptors (Lipinski definition) is 3. The number of rotatable bonds is 1. The average molecular weight is 268 g/mol. The van der Waals surface area contributed by atoms with Crippen molar-refractivity contribution in [1.29, 1.82) is 0 Å². The second-order valence-corrected chi connectivity index (χ2v) is 5.37. The maximum Gasteiger partial charge on any atom is 0.261 e. The fourth-order valence-electron chi connectivity index (χ4n) is 1.96. The molecule has 1 aromatic rings. The van der Waals surface area contributed by atoms with E-state index in [1.807, 2.05) is 55.5 Å². The van der Waals surface area contributed by atoms with Crippen LogP contribution in [0.4, 0.5) is 0 Å². The van der Waals surface area contributed by atoms with Crippen LogP contribution in [-0.4, -0.2) is 16.8 Å². The number of allylic oxidation sites excluding steroid dienone is 3. The second-order valence-electron chi connectivity index (χ2n) is 4.36. The molecule has 1 aliphatic heterocycles. The van der Waals surface area contributed by atoms with Crippen molar-refractivity contribution in [3.05, 3.63) is 54.1 Å². The molecule has 0 spiro atoms. The molecule has 1 atom stereocenters. The highest BCUT2D eigenvalue weighted by Crippen LogP contribution is 2.27. The predicted octanol–water partition coefficient (Wildman–Crippen LogP) is 3.17. The molecule has 0 saturated carbocycles. The van der Waals surface area contributed by atoms with Gasteiger partial charge in [-0.05, 0) is 36.4 Å². The third-order valence-corrected chi connectivity index (χ3v) is 4.03. The Morgan fingerprint density at radius 1 is 1.16 bits per heavy atom. The van der Waals surface area contributed by atoms with Crippen LogP contribution in [0.5, 0.6) is 0 Å². The van der Waals surface area contributed by atoms with Crippen LogP contribution in [0, 0.1) is 12.8 Å². The van der Waals surface area contributed by atoms with Crippen LogP contribution in [0.1, 0.15) is 5.56 Å². The van der Waals surface area contributed by atoms with Crippen LogP contribution in [0.25, 0.3) is 0 Å². The molecule has 0 aromatic heterocycles. The molecule has 0 N–H and O–H groups in total. The summed E-state index contributed by atoms with van der Waals surface area (Å²) in [5.74, 6) is -0.437. The summed E-state index contributed by atoms with van der Waals surface area (Å²) in [7, 11) is 0. The summed E-state index contributed by atoms with van der Waals surface area (Å²) in [6.07, 6.45) is 7.45. The van der Waals surface area contributed by atoms with E-state index in [4.69, 9.17) is 0 Å². The number of benzene rings is 1. The van der Waals surface area contributed by atoms with Gasteiger partial charge in [-0.15, -0.1) is 0 Å². The molecule has 94 valence electrons. The summed E-state index contributed by atoms with van der Waals surface area (Å²) >= 11 is 1.43. The van der Waals surface area contributed by atoms with E-state index in [0.29, 0.717) is 5.17 Å². The van der Waals surface area contributed by atoms with Gasteiger partial charge < -0.3 is 0 Å². The number of aliphatic imine (C=N–C) groups is 2. The van der Waals surface area contributed by atoms with Gasteiger partial charge in [-0.1, -0.05) is 36.4 Å². The molecule has 3 rings (SSSR count). The molecule has 1 aromatic carbocycles. The summed E-state index contributed by atoms with van der Waals surface area (Å²) in [4.78, 5) is 21.6. The molecule has 4 heteroatoms. The minimum absolute atomic E-state index is 0.137. The normalized spacial score (nSPS) is 20.9. The standard InChI is InChI=1S/C15H12N2OS/c1-10-6-2-5-9-13(10)19-15-16-12-8-4-3-7-11(12)14(18)17-15/h2-9,11H,1H3. The first-order valence-electron chi connectivity index (χ1n) is 6.03. The van der Waals surface area contributed by atoms with Crippen molar-refractivity contribution in [1.82, 2.24) is 0 Å².